The van der Waals surface area contributed by atoms with Crippen LogP contribution >= 0.6 is 23.3 Å². The Morgan fingerprint density at radius 3 is 2.60 bits per heavy atom. The standard InChI is InChI=1S/C25H30N8O7S2/c1-5-39-30-15(18-29-23(26)42-31-18)19(34)28-16-20(35)33-17(22(36)37)14(12-41-21(16)33)11-32-8-6-13(7-9-32)10-27-24(38)40-25(2,3)4/h6-9,16,21H,5,10-12H2,1-4H3,(H4-,26,27,28,29,31,34,36,37,38)/p+1/b30-15-/t16?,21-/m1/s1. The Hall–Kier alpha value is -4.25. The molecule has 1 fully saturated rings. The third kappa shape index (κ3) is 7.14. The lowest BCUT2D eigenvalue weighted by atomic mass is 10.0. The Balaban J connectivity index is 1.42. The number of β-lactam (4-membered cyclic amide) rings is 1. The average Bonchev–Trinajstić information content (AvgIpc) is 3.35. The summed E-state index contributed by atoms with van der Waals surface area (Å²) in [5.74, 6) is -2.27. The van der Waals surface area contributed by atoms with Gasteiger partial charge in [0.1, 0.15) is 29.3 Å². The van der Waals surface area contributed by atoms with Gasteiger partial charge < -0.3 is 31.0 Å². The SMILES string of the molecule is CCO/N=C(\C(=O)NC1C(=O)N2C(C(=O)O)=C(C[n+]3ccc(CNC(=O)OC(C)(C)C)cc3)CS[C@H]12)c1nsc(N)n1. The molecule has 224 valence electrons. The lowest BCUT2D eigenvalue weighted by Crippen LogP contribution is -2.71. The van der Waals surface area contributed by atoms with Gasteiger partial charge in [0.25, 0.3) is 11.8 Å². The van der Waals surface area contributed by atoms with Crippen molar-refractivity contribution in [2.75, 3.05) is 18.1 Å². The molecule has 4 rings (SSSR count). The minimum Gasteiger partial charge on any atom is -0.477 e. The van der Waals surface area contributed by atoms with Crippen molar-refractivity contribution in [1.29, 1.82) is 0 Å². The van der Waals surface area contributed by atoms with E-state index in [1.165, 1.54) is 16.7 Å². The number of nitrogen functional groups attached to an aromatic ring is 1. The summed E-state index contributed by atoms with van der Waals surface area (Å²) >= 11 is 2.21. The lowest BCUT2D eigenvalue weighted by molar-refractivity contribution is -0.689. The number of aromatic nitrogens is 3. The number of rotatable bonds is 10. The smallest absolute Gasteiger partial charge is 0.407 e. The molecule has 1 saturated heterocycles. The van der Waals surface area contributed by atoms with Crippen molar-refractivity contribution in [3.63, 3.8) is 0 Å². The molecule has 2 aromatic rings. The second-order valence-corrected chi connectivity index (χ2v) is 12.1. The molecule has 5 N–H and O–H groups in total. The number of alkyl carbamates (subject to hydrolysis) is 1. The van der Waals surface area contributed by atoms with E-state index in [9.17, 15) is 24.3 Å². The molecule has 0 radical (unpaired) electrons. The Morgan fingerprint density at radius 1 is 1.29 bits per heavy atom. The second kappa shape index (κ2) is 12.7. The molecule has 2 aliphatic heterocycles. The van der Waals surface area contributed by atoms with E-state index in [0.29, 0.717) is 11.3 Å². The maximum atomic E-state index is 13.1. The fourth-order valence-electron chi connectivity index (χ4n) is 4.08. The summed E-state index contributed by atoms with van der Waals surface area (Å²) < 4.78 is 11.0. The van der Waals surface area contributed by atoms with Gasteiger partial charge >= 0.3 is 12.1 Å². The number of thioether (sulfide) groups is 1. The van der Waals surface area contributed by atoms with Crippen LogP contribution in [0.25, 0.3) is 0 Å². The number of pyridine rings is 1. The van der Waals surface area contributed by atoms with Gasteiger partial charge in [0.05, 0.1) is 0 Å². The minimum absolute atomic E-state index is 0.0413. The molecule has 3 amide bonds. The van der Waals surface area contributed by atoms with E-state index < -0.39 is 40.9 Å². The number of nitrogens with one attached hydrogen (secondary N) is 2. The Bertz CT molecular complexity index is 1430. The number of hydrogen-bond acceptors (Lipinski definition) is 12. The predicted octanol–water partition coefficient (Wildman–Crippen LogP) is 0.612. The molecule has 0 aromatic carbocycles. The summed E-state index contributed by atoms with van der Waals surface area (Å²) in [6, 6.07) is 2.61. The number of carbonyl (C=O) groups is 4. The van der Waals surface area contributed by atoms with Crippen LogP contribution in [0, 0.1) is 0 Å². The maximum Gasteiger partial charge on any atom is 0.407 e. The number of fused-ring (bicyclic) bond motifs is 1. The average molecular weight is 620 g/mol. The van der Waals surface area contributed by atoms with Crippen LogP contribution in [0.3, 0.4) is 0 Å². The van der Waals surface area contributed by atoms with Gasteiger partial charge in [-0.3, -0.25) is 14.5 Å². The third-order valence-electron chi connectivity index (χ3n) is 5.86. The van der Waals surface area contributed by atoms with Crippen molar-refractivity contribution in [3.8, 4) is 0 Å². The minimum atomic E-state index is -1.24. The van der Waals surface area contributed by atoms with Crippen LogP contribution in [-0.4, -0.2) is 78.3 Å². The quantitative estimate of drug-likeness (QED) is 0.126. The van der Waals surface area contributed by atoms with Crippen LogP contribution in [0.5, 0.6) is 0 Å². The van der Waals surface area contributed by atoms with Crippen molar-refractivity contribution < 1.29 is 38.4 Å². The number of aliphatic carboxylic acids is 1. The van der Waals surface area contributed by atoms with Gasteiger partial charge in [0.15, 0.2) is 24.1 Å². The zero-order valence-electron chi connectivity index (χ0n) is 23.3. The number of oxime groups is 1. The first kappa shape index (κ1) is 30.7. The van der Waals surface area contributed by atoms with Crippen LogP contribution in [0.2, 0.25) is 0 Å². The molecular weight excluding hydrogens is 588 g/mol. The van der Waals surface area contributed by atoms with Crippen molar-refractivity contribution in [1.82, 2.24) is 24.9 Å². The number of ether oxygens (including phenoxy) is 1. The number of hydrogen-bond donors (Lipinski definition) is 4. The number of nitrogens with two attached hydrogens (primary N) is 1. The van der Waals surface area contributed by atoms with Gasteiger partial charge in [-0.25, -0.2) is 14.2 Å². The Kier molecular flexibility index (Phi) is 9.30. The topological polar surface area (TPSA) is 202 Å². The predicted molar refractivity (Wildman–Crippen MR) is 152 cm³/mol. The molecule has 2 aromatic heterocycles. The number of nitrogens with zero attached hydrogens (tertiary/aromatic N) is 5. The maximum absolute atomic E-state index is 13.1. The normalized spacial score (nSPS) is 18.6. The zero-order chi connectivity index (χ0) is 30.6. The fourth-order valence-corrected chi connectivity index (χ4v) is 5.85. The first-order chi connectivity index (χ1) is 19.9. The highest BCUT2D eigenvalue weighted by Gasteiger charge is 2.55. The number of amides is 3. The summed E-state index contributed by atoms with van der Waals surface area (Å²) in [6.07, 6.45) is 2.99. The first-order valence-electron chi connectivity index (χ1n) is 12.8. The number of carboxylic acid groups (broad SMARTS) is 1. The van der Waals surface area contributed by atoms with Crippen LogP contribution in [0.15, 0.2) is 41.0 Å². The molecule has 2 atom stereocenters. The molecule has 2 aliphatic rings. The summed E-state index contributed by atoms with van der Waals surface area (Å²) in [6.45, 7) is 7.69. The van der Waals surface area contributed by atoms with Gasteiger partial charge in [0.2, 0.25) is 11.5 Å². The Morgan fingerprint density at radius 2 is 2.00 bits per heavy atom. The van der Waals surface area contributed by atoms with Crippen molar-refractivity contribution in [2.45, 2.75) is 57.8 Å². The summed E-state index contributed by atoms with van der Waals surface area (Å²) in [5, 5.41) is 18.6. The molecule has 0 saturated carbocycles. The van der Waals surface area contributed by atoms with Crippen molar-refractivity contribution in [3.05, 3.63) is 47.2 Å². The largest absolute Gasteiger partial charge is 0.477 e. The van der Waals surface area contributed by atoms with Gasteiger partial charge in [-0.05, 0) is 33.3 Å². The van der Waals surface area contributed by atoms with E-state index in [1.54, 1.807) is 56.8 Å². The monoisotopic (exact) mass is 619 g/mol. The highest BCUT2D eigenvalue weighted by atomic mass is 32.2. The molecular formula is C25H31N8O7S2+. The third-order valence-corrected chi connectivity index (χ3v) is 7.74. The molecule has 0 aliphatic carbocycles. The van der Waals surface area contributed by atoms with Crippen molar-refractivity contribution in [2.24, 2.45) is 5.16 Å². The molecule has 4 heterocycles. The van der Waals surface area contributed by atoms with Crippen LogP contribution < -0.4 is 20.9 Å². The lowest BCUT2D eigenvalue weighted by Gasteiger charge is -2.49. The van der Waals surface area contributed by atoms with E-state index >= 15 is 0 Å². The summed E-state index contributed by atoms with van der Waals surface area (Å²) in [7, 11) is 0. The fraction of sp³-hybridized carbons (Fsp3) is 0.440. The molecule has 0 bridgehead atoms. The van der Waals surface area contributed by atoms with E-state index in [4.69, 9.17) is 15.3 Å². The molecule has 42 heavy (non-hydrogen) atoms. The molecule has 15 nitrogen and oxygen atoms in total. The van der Waals surface area contributed by atoms with E-state index in [1.807, 2.05) is 0 Å². The summed E-state index contributed by atoms with van der Waals surface area (Å²) in [4.78, 5) is 60.4. The molecule has 1 unspecified atom stereocenters. The first-order valence-corrected chi connectivity index (χ1v) is 14.6. The van der Waals surface area contributed by atoms with E-state index in [2.05, 4.69) is 25.1 Å². The van der Waals surface area contributed by atoms with E-state index in [-0.39, 0.29) is 42.1 Å². The van der Waals surface area contributed by atoms with Crippen LogP contribution in [0.1, 0.15) is 39.1 Å². The van der Waals surface area contributed by atoms with Crippen molar-refractivity contribution >= 4 is 58.0 Å². The number of carbonyl (C=O) groups excluding carboxylic acids is 3. The number of anilines is 1. The highest BCUT2D eigenvalue weighted by molar-refractivity contribution is 8.00. The highest BCUT2D eigenvalue weighted by Crippen LogP contribution is 2.40. The second-order valence-electron chi connectivity index (χ2n) is 10.2. The van der Waals surface area contributed by atoms with Gasteiger partial charge in [-0.2, -0.15) is 9.36 Å². The van der Waals surface area contributed by atoms with Crippen LogP contribution in [0.4, 0.5) is 9.93 Å². The molecule has 17 heteroatoms. The van der Waals surface area contributed by atoms with Gasteiger partial charge in [-0.1, -0.05) is 5.16 Å². The van der Waals surface area contributed by atoms with Gasteiger partial charge in [0, 0.05) is 41.5 Å². The number of carboxylic acids is 1. The van der Waals surface area contributed by atoms with E-state index in [0.717, 1.165) is 17.1 Å². The molecule has 0 spiro atoms. The summed E-state index contributed by atoms with van der Waals surface area (Å²) in [5.41, 5.74) is 6.02. The van der Waals surface area contributed by atoms with Crippen LogP contribution in [-0.2, 0) is 37.0 Å². The van der Waals surface area contributed by atoms with Gasteiger partial charge in [-0.15, -0.1) is 11.8 Å². The zero-order valence-corrected chi connectivity index (χ0v) is 25.0. The Labute approximate surface area is 249 Å².